The molecular weight excluding hydrogens is 360 g/mol. The number of hydrogen-bond acceptors (Lipinski definition) is 4. The van der Waals surface area contributed by atoms with E-state index in [9.17, 15) is 4.79 Å². The molecule has 3 nitrogen and oxygen atoms in total. The molecule has 138 valence electrons. The van der Waals surface area contributed by atoms with Gasteiger partial charge in [-0.25, -0.2) is 0 Å². The minimum absolute atomic E-state index is 0.0490. The Hall–Kier alpha value is -1.43. The maximum atomic E-state index is 12.4. The first-order valence-electron chi connectivity index (χ1n) is 9.00. The van der Waals surface area contributed by atoms with E-state index in [0.29, 0.717) is 5.75 Å². The molecule has 1 aliphatic rings. The Balaban J connectivity index is 1.58. The fraction of sp³-hybridized carbons (Fsp3) is 0.381. The van der Waals surface area contributed by atoms with E-state index >= 15 is 0 Å². The molecular formula is C21H26N2OS2. The SMILES string of the molecule is Cc1ccc(CN2CCSCC2)cc1NC(=O)CSc1ccccc1C. The first kappa shape index (κ1) is 19.3. The van der Waals surface area contributed by atoms with Crippen LogP contribution in [0.15, 0.2) is 47.4 Å². The fourth-order valence-electron chi connectivity index (χ4n) is 2.97. The first-order valence-corrected chi connectivity index (χ1v) is 11.1. The van der Waals surface area contributed by atoms with Crippen molar-refractivity contribution in [1.29, 1.82) is 0 Å². The van der Waals surface area contributed by atoms with Crippen molar-refractivity contribution < 1.29 is 4.79 Å². The molecule has 1 fully saturated rings. The van der Waals surface area contributed by atoms with Crippen LogP contribution < -0.4 is 5.32 Å². The van der Waals surface area contributed by atoms with Crippen molar-refractivity contribution in [3.05, 3.63) is 59.2 Å². The van der Waals surface area contributed by atoms with Crippen LogP contribution in [0.4, 0.5) is 5.69 Å². The normalized spacial score (nSPS) is 15.0. The third-order valence-corrected chi connectivity index (χ3v) is 6.66. The molecule has 0 atom stereocenters. The largest absolute Gasteiger partial charge is 0.325 e. The highest BCUT2D eigenvalue weighted by molar-refractivity contribution is 8.00. The number of nitrogens with one attached hydrogen (secondary N) is 1. The summed E-state index contributed by atoms with van der Waals surface area (Å²) in [4.78, 5) is 16.1. The lowest BCUT2D eigenvalue weighted by Crippen LogP contribution is -2.32. The molecule has 26 heavy (non-hydrogen) atoms. The molecule has 0 aliphatic carbocycles. The summed E-state index contributed by atoms with van der Waals surface area (Å²) in [7, 11) is 0. The Kier molecular flexibility index (Phi) is 7.06. The maximum absolute atomic E-state index is 12.4. The number of aryl methyl sites for hydroxylation is 2. The van der Waals surface area contributed by atoms with Crippen molar-refractivity contribution in [2.24, 2.45) is 0 Å². The number of rotatable bonds is 6. The molecule has 5 heteroatoms. The summed E-state index contributed by atoms with van der Waals surface area (Å²) in [5.41, 5.74) is 4.52. The molecule has 0 aromatic heterocycles. The number of nitrogens with zero attached hydrogens (tertiary/aromatic N) is 1. The summed E-state index contributed by atoms with van der Waals surface area (Å²) < 4.78 is 0. The van der Waals surface area contributed by atoms with Gasteiger partial charge in [-0.2, -0.15) is 11.8 Å². The van der Waals surface area contributed by atoms with Gasteiger partial charge in [0.2, 0.25) is 5.91 Å². The Labute approximate surface area is 164 Å². The van der Waals surface area contributed by atoms with Gasteiger partial charge in [-0.3, -0.25) is 9.69 Å². The van der Waals surface area contributed by atoms with Crippen molar-refractivity contribution in [3.8, 4) is 0 Å². The van der Waals surface area contributed by atoms with E-state index in [-0.39, 0.29) is 5.91 Å². The molecule has 0 unspecified atom stereocenters. The van der Waals surface area contributed by atoms with Gasteiger partial charge in [0.1, 0.15) is 0 Å². The van der Waals surface area contributed by atoms with Crippen LogP contribution in [0.25, 0.3) is 0 Å². The van der Waals surface area contributed by atoms with Crippen LogP contribution in [0, 0.1) is 13.8 Å². The molecule has 3 rings (SSSR count). The monoisotopic (exact) mass is 386 g/mol. The van der Waals surface area contributed by atoms with Crippen LogP contribution in [-0.4, -0.2) is 41.2 Å². The molecule has 1 saturated heterocycles. The molecule has 0 bridgehead atoms. The van der Waals surface area contributed by atoms with E-state index in [1.54, 1.807) is 11.8 Å². The van der Waals surface area contributed by atoms with Crippen LogP contribution in [0.3, 0.4) is 0 Å². The van der Waals surface area contributed by atoms with Crippen molar-refractivity contribution in [2.45, 2.75) is 25.3 Å². The Morgan fingerprint density at radius 3 is 2.65 bits per heavy atom. The molecule has 1 amide bonds. The van der Waals surface area contributed by atoms with Crippen molar-refractivity contribution in [2.75, 3.05) is 35.7 Å². The van der Waals surface area contributed by atoms with Crippen LogP contribution in [0.5, 0.6) is 0 Å². The molecule has 2 aromatic rings. The van der Waals surface area contributed by atoms with Gasteiger partial charge in [0.15, 0.2) is 0 Å². The molecule has 0 spiro atoms. The summed E-state index contributed by atoms with van der Waals surface area (Å²) >= 11 is 3.62. The molecule has 2 aromatic carbocycles. The fourth-order valence-corrected chi connectivity index (χ4v) is 4.78. The van der Waals surface area contributed by atoms with Crippen LogP contribution in [0.1, 0.15) is 16.7 Å². The summed E-state index contributed by atoms with van der Waals surface area (Å²) in [6.45, 7) is 7.38. The maximum Gasteiger partial charge on any atom is 0.234 e. The first-order chi connectivity index (χ1) is 12.6. The van der Waals surface area contributed by atoms with Gasteiger partial charge in [-0.05, 0) is 42.7 Å². The molecule has 0 radical (unpaired) electrons. The second kappa shape index (κ2) is 9.49. The number of hydrogen-bond donors (Lipinski definition) is 1. The van der Waals surface area contributed by atoms with Gasteiger partial charge in [0.05, 0.1) is 5.75 Å². The summed E-state index contributed by atoms with van der Waals surface area (Å²) in [6, 6.07) is 14.6. The highest BCUT2D eigenvalue weighted by Gasteiger charge is 2.12. The summed E-state index contributed by atoms with van der Waals surface area (Å²) in [6.07, 6.45) is 0. The lowest BCUT2D eigenvalue weighted by atomic mass is 10.1. The number of carbonyl (C=O) groups is 1. The minimum atomic E-state index is 0.0490. The third-order valence-electron chi connectivity index (χ3n) is 4.54. The van der Waals surface area contributed by atoms with Gasteiger partial charge in [0.25, 0.3) is 0 Å². The second-order valence-corrected chi connectivity index (χ2v) is 8.88. The van der Waals surface area contributed by atoms with E-state index < -0.39 is 0 Å². The van der Waals surface area contributed by atoms with Crippen molar-refractivity contribution in [1.82, 2.24) is 4.90 Å². The topological polar surface area (TPSA) is 32.3 Å². The van der Waals surface area contributed by atoms with E-state index in [1.165, 1.54) is 22.6 Å². The second-order valence-electron chi connectivity index (χ2n) is 6.64. The smallest absolute Gasteiger partial charge is 0.234 e. The van der Waals surface area contributed by atoms with Crippen molar-refractivity contribution in [3.63, 3.8) is 0 Å². The van der Waals surface area contributed by atoms with E-state index in [0.717, 1.165) is 35.8 Å². The number of amides is 1. The third kappa shape index (κ3) is 5.53. The minimum Gasteiger partial charge on any atom is -0.325 e. The van der Waals surface area contributed by atoms with Gasteiger partial charge in [-0.15, -0.1) is 11.8 Å². The van der Waals surface area contributed by atoms with E-state index in [4.69, 9.17) is 0 Å². The average molecular weight is 387 g/mol. The lowest BCUT2D eigenvalue weighted by Gasteiger charge is -2.26. The highest BCUT2D eigenvalue weighted by atomic mass is 32.2. The Bertz CT molecular complexity index is 757. The van der Waals surface area contributed by atoms with Crippen LogP contribution in [-0.2, 0) is 11.3 Å². The number of carbonyl (C=O) groups excluding carboxylic acids is 1. The molecule has 1 heterocycles. The van der Waals surface area contributed by atoms with Gasteiger partial charge >= 0.3 is 0 Å². The van der Waals surface area contributed by atoms with Crippen molar-refractivity contribution >= 4 is 35.1 Å². The van der Waals surface area contributed by atoms with Gasteiger partial charge < -0.3 is 5.32 Å². The number of benzene rings is 2. The van der Waals surface area contributed by atoms with E-state index in [2.05, 4.69) is 47.5 Å². The predicted molar refractivity (Wildman–Crippen MR) is 114 cm³/mol. The standard InChI is InChI=1S/C21H26N2OS2/c1-16-7-8-18(14-23-9-11-25-12-10-23)13-19(16)22-21(24)15-26-20-6-4-3-5-17(20)2/h3-8,13H,9-12,14-15H2,1-2H3,(H,22,24). The zero-order chi connectivity index (χ0) is 18.4. The average Bonchev–Trinajstić information content (AvgIpc) is 2.65. The Morgan fingerprint density at radius 2 is 1.88 bits per heavy atom. The predicted octanol–water partition coefficient (Wildman–Crippen LogP) is 4.58. The quantitative estimate of drug-likeness (QED) is 0.737. The molecule has 0 saturated carbocycles. The van der Waals surface area contributed by atoms with E-state index in [1.807, 2.05) is 30.8 Å². The van der Waals surface area contributed by atoms with Crippen LogP contribution >= 0.6 is 23.5 Å². The lowest BCUT2D eigenvalue weighted by molar-refractivity contribution is -0.113. The van der Waals surface area contributed by atoms with Gasteiger partial charge in [-0.1, -0.05) is 30.3 Å². The number of thioether (sulfide) groups is 2. The molecule has 1 aliphatic heterocycles. The zero-order valence-corrected chi connectivity index (χ0v) is 17.1. The summed E-state index contributed by atoms with van der Waals surface area (Å²) in [5, 5.41) is 3.10. The Morgan fingerprint density at radius 1 is 1.12 bits per heavy atom. The summed E-state index contributed by atoms with van der Waals surface area (Å²) in [5.74, 6) is 2.91. The van der Waals surface area contributed by atoms with Gasteiger partial charge in [0, 0.05) is 41.7 Å². The van der Waals surface area contributed by atoms with Crippen LogP contribution in [0.2, 0.25) is 0 Å². The molecule has 1 N–H and O–H groups in total. The zero-order valence-electron chi connectivity index (χ0n) is 15.5. The number of anilines is 1. The highest BCUT2D eigenvalue weighted by Crippen LogP contribution is 2.23.